The van der Waals surface area contributed by atoms with E-state index in [4.69, 9.17) is 33.3 Å². The summed E-state index contributed by atoms with van der Waals surface area (Å²) in [5.74, 6) is -2.75. The molecule has 4 fully saturated rings. The fourth-order valence-corrected chi connectivity index (χ4v) is 5.43. The van der Waals surface area contributed by atoms with Crippen LogP contribution in [0.3, 0.4) is 0 Å². The van der Waals surface area contributed by atoms with Crippen molar-refractivity contribution in [3.05, 3.63) is 29.8 Å². The number of nitrogens with zero attached hydrogens (tertiary/aromatic N) is 2. The predicted octanol–water partition coefficient (Wildman–Crippen LogP) is 1.18. The molecule has 4 saturated heterocycles. The largest absolute Gasteiger partial charge is 0.497 e. The Balaban J connectivity index is 1.24. The van der Waals surface area contributed by atoms with Gasteiger partial charge in [0, 0.05) is 5.56 Å². The van der Waals surface area contributed by atoms with Crippen LogP contribution in [0.1, 0.15) is 33.3 Å². The number of oxime groups is 1. The highest BCUT2D eigenvalue weighted by molar-refractivity contribution is 6.23. The second kappa shape index (κ2) is 7.71. The van der Waals surface area contributed by atoms with Crippen molar-refractivity contribution >= 4 is 17.5 Å². The van der Waals surface area contributed by atoms with Gasteiger partial charge in [0.05, 0.1) is 13.7 Å². The number of amides is 2. The Morgan fingerprint density at radius 3 is 2.29 bits per heavy atom. The molecule has 35 heavy (non-hydrogen) atoms. The van der Waals surface area contributed by atoms with E-state index in [-0.39, 0.29) is 6.54 Å². The van der Waals surface area contributed by atoms with Crippen LogP contribution in [0.4, 0.5) is 0 Å². The molecule has 0 N–H and O–H groups in total. The minimum absolute atomic E-state index is 0.0302. The normalized spacial score (nSPS) is 38.6. The molecule has 0 aromatic heterocycles. The highest BCUT2D eigenvalue weighted by atomic mass is 16.9. The summed E-state index contributed by atoms with van der Waals surface area (Å²) in [6.07, 6.45) is -3.92. The van der Waals surface area contributed by atoms with Crippen LogP contribution in [0.25, 0.3) is 0 Å². The van der Waals surface area contributed by atoms with Gasteiger partial charge in [0.25, 0.3) is 5.91 Å². The molecule has 0 saturated carbocycles. The lowest BCUT2D eigenvalue weighted by Gasteiger charge is -2.38. The molecule has 0 bridgehead atoms. The number of ether oxygens (including phenoxy) is 6. The van der Waals surface area contributed by atoms with Crippen LogP contribution in [0.5, 0.6) is 5.75 Å². The van der Waals surface area contributed by atoms with Gasteiger partial charge in [-0.3, -0.25) is 14.5 Å². The summed E-state index contributed by atoms with van der Waals surface area (Å²) in [6.45, 7) is 7.18. The number of carbonyl (C=O) groups is 2. The van der Waals surface area contributed by atoms with Gasteiger partial charge in [-0.1, -0.05) is 5.16 Å². The van der Waals surface area contributed by atoms with Crippen LogP contribution < -0.4 is 4.74 Å². The van der Waals surface area contributed by atoms with E-state index in [1.807, 2.05) is 0 Å². The highest BCUT2D eigenvalue weighted by Crippen LogP contribution is 2.45. The quantitative estimate of drug-likeness (QED) is 0.576. The summed E-state index contributed by atoms with van der Waals surface area (Å²) < 4.78 is 35.6. The number of methoxy groups -OCH3 is 1. The Morgan fingerprint density at radius 2 is 1.57 bits per heavy atom. The third-order valence-electron chi connectivity index (χ3n) is 6.90. The van der Waals surface area contributed by atoms with Crippen molar-refractivity contribution in [2.75, 3.05) is 13.7 Å². The molecule has 0 spiro atoms. The van der Waals surface area contributed by atoms with Crippen LogP contribution in [0.2, 0.25) is 0 Å². The minimum atomic E-state index is -1.01. The molecule has 1 aromatic carbocycles. The lowest BCUT2D eigenvalue weighted by atomic mass is 9.94. The molecule has 0 radical (unpaired) electrons. The predicted molar refractivity (Wildman–Crippen MR) is 117 cm³/mol. The number of fused-ring (bicyclic) bond motifs is 4. The fraction of sp³-hybridized carbons (Fsp3) is 0.625. The van der Waals surface area contributed by atoms with Gasteiger partial charge >= 0.3 is 0 Å². The number of hydrogen-bond acceptors (Lipinski definition) is 10. The smallest absolute Gasteiger partial charge is 0.274 e. The summed E-state index contributed by atoms with van der Waals surface area (Å²) >= 11 is 0. The number of likely N-dealkylation sites (tertiary alicyclic amines) is 1. The molecule has 5 aliphatic rings. The molecule has 5 aliphatic heterocycles. The molecule has 0 unspecified atom stereocenters. The summed E-state index contributed by atoms with van der Waals surface area (Å²) in [7, 11) is 1.57. The molecule has 11 heteroatoms. The number of carbonyl (C=O) groups excluding carboxylic acids is 2. The van der Waals surface area contributed by atoms with E-state index in [0.29, 0.717) is 17.0 Å². The van der Waals surface area contributed by atoms with Crippen molar-refractivity contribution in [1.29, 1.82) is 0 Å². The molecule has 7 atom stereocenters. The minimum Gasteiger partial charge on any atom is -0.497 e. The first-order valence-electron chi connectivity index (χ1n) is 11.7. The first-order valence-corrected chi connectivity index (χ1v) is 11.7. The number of benzene rings is 1. The monoisotopic (exact) mass is 488 g/mol. The van der Waals surface area contributed by atoms with Crippen LogP contribution >= 0.6 is 0 Å². The summed E-state index contributed by atoms with van der Waals surface area (Å²) in [5.41, 5.74) is 1.10. The molecule has 5 heterocycles. The molecule has 6 rings (SSSR count). The van der Waals surface area contributed by atoms with Crippen LogP contribution in [0.15, 0.2) is 29.4 Å². The van der Waals surface area contributed by atoms with E-state index in [1.165, 1.54) is 4.90 Å². The summed E-state index contributed by atoms with van der Waals surface area (Å²) in [4.78, 5) is 33.3. The van der Waals surface area contributed by atoms with Gasteiger partial charge in [0.2, 0.25) is 12.0 Å². The van der Waals surface area contributed by atoms with Gasteiger partial charge in [0.1, 0.15) is 41.8 Å². The van der Waals surface area contributed by atoms with E-state index in [9.17, 15) is 9.59 Å². The molecule has 1 aromatic rings. The zero-order chi connectivity index (χ0) is 24.7. The van der Waals surface area contributed by atoms with Crippen molar-refractivity contribution in [2.24, 2.45) is 11.1 Å². The number of imide groups is 1. The molecule has 2 amide bonds. The summed E-state index contributed by atoms with van der Waals surface area (Å²) in [6, 6.07) is 7.09. The first kappa shape index (κ1) is 22.9. The third-order valence-corrected chi connectivity index (χ3v) is 6.90. The maximum absolute atomic E-state index is 13.5. The molecular weight excluding hydrogens is 460 g/mol. The Labute approximate surface area is 202 Å². The Morgan fingerprint density at radius 1 is 0.914 bits per heavy atom. The maximum atomic E-state index is 13.5. The Bertz CT molecular complexity index is 1080. The van der Waals surface area contributed by atoms with E-state index >= 15 is 0 Å². The first-order chi connectivity index (χ1) is 16.6. The van der Waals surface area contributed by atoms with Gasteiger partial charge < -0.3 is 33.3 Å². The SMILES string of the molecule is COc1ccc(C2=NO[C@@H]3C(=O)N(C[C@H]4O[C@@H]5OC(C)(C)O[C@@H]5[C@H]5OC(C)(C)O[C@H]54)C(=O)[C@H]23)cc1. The summed E-state index contributed by atoms with van der Waals surface area (Å²) in [5, 5.41) is 4.05. The highest BCUT2D eigenvalue weighted by Gasteiger charge is 2.62. The Kier molecular flexibility index (Phi) is 5.04. The average Bonchev–Trinajstić information content (AvgIpc) is 3.52. The van der Waals surface area contributed by atoms with Gasteiger partial charge in [0.15, 0.2) is 17.9 Å². The molecule has 11 nitrogen and oxygen atoms in total. The third kappa shape index (κ3) is 3.64. The standard InChI is InChI=1S/C24H28N2O9/c1-23(2)31-16-13(30-22-19(18(16)32-23)33-24(3,4)34-22)10-26-20(27)14-15(25-35-17(14)21(26)28)11-6-8-12(29-5)9-7-11/h6-9,13-14,16-19,22H,10H2,1-5H3/t13-,14-,16+,17+,18+,19-,22-/m1/s1. The van der Waals surface area contributed by atoms with Crippen molar-refractivity contribution in [1.82, 2.24) is 4.90 Å². The molecule has 188 valence electrons. The van der Waals surface area contributed by atoms with Crippen LogP contribution in [-0.2, 0) is 38.1 Å². The molecule has 0 aliphatic carbocycles. The second-order valence-electron chi connectivity index (χ2n) is 10.2. The average molecular weight is 488 g/mol. The van der Waals surface area contributed by atoms with Gasteiger partial charge in [-0.15, -0.1) is 0 Å². The zero-order valence-electron chi connectivity index (χ0n) is 20.1. The van der Waals surface area contributed by atoms with E-state index < -0.39 is 66.1 Å². The van der Waals surface area contributed by atoms with Gasteiger partial charge in [-0.05, 0) is 52.0 Å². The van der Waals surface area contributed by atoms with Gasteiger partial charge in [-0.25, -0.2) is 0 Å². The number of rotatable bonds is 4. The van der Waals surface area contributed by atoms with Crippen LogP contribution in [-0.4, -0.2) is 84.5 Å². The van der Waals surface area contributed by atoms with E-state index in [1.54, 1.807) is 59.1 Å². The van der Waals surface area contributed by atoms with Crippen LogP contribution in [0, 0.1) is 5.92 Å². The van der Waals surface area contributed by atoms with Crippen molar-refractivity contribution in [3.63, 3.8) is 0 Å². The lowest BCUT2D eigenvalue weighted by molar-refractivity contribution is -0.236. The van der Waals surface area contributed by atoms with E-state index in [0.717, 1.165) is 0 Å². The van der Waals surface area contributed by atoms with Crippen molar-refractivity contribution in [2.45, 2.75) is 76.1 Å². The topological polar surface area (TPSA) is 114 Å². The van der Waals surface area contributed by atoms with Crippen molar-refractivity contribution in [3.8, 4) is 5.75 Å². The maximum Gasteiger partial charge on any atom is 0.274 e. The second-order valence-corrected chi connectivity index (χ2v) is 10.2. The molecular formula is C24H28N2O9. The lowest BCUT2D eigenvalue weighted by Crippen LogP contribution is -2.58. The zero-order valence-corrected chi connectivity index (χ0v) is 20.1. The van der Waals surface area contributed by atoms with Crippen molar-refractivity contribution < 1.29 is 42.8 Å². The fourth-order valence-electron chi connectivity index (χ4n) is 5.43. The van der Waals surface area contributed by atoms with E-state index in [2.05, 4.69) is 5.16 Å². The number of hydrogen-bond donors (Lipinski definition) is 0. The Hall–Kier alpha value is -2.57. The van der Waals surface area contributed by atoms with Gasteiger partial charge in [-0.2, -0.15) is 0 Å².